The Morgan fingerprint density at radius 3 is 2.48 bits per heavy atom. The number of hydrogen-bond acceptors (Lipinski definition) is 5. The van der Waals surface area contributed by atoms with E-state index in [-0.39, 0.29) is 45.1 Å². The minimum Gasteiger partial charge on any atom is -0.495 e. The van der Waals surface area contributed by atoms with E-state index in [4.69, 9.17) is 10.5 Å². The maximum Gasteiger partial charge on any atom is 0.406 e. The number of rotatable bonds is 7. The van der Waals surface area contributed by atoms with Gasteiger partial charge in [0.05, 0.1) is 30.6 Å². The summed E-state index contributed by atoms with van der Waals surface area (Å²) in [5, 5.41) is 9.88. The van der Waals surface area contributed by atoms with Crippen molar-refractivity contribution in [2.75, 3.05) is 31.3 Å². The van der Waals surface area contributed by atoms with Crippen molar-refractivity contribution in [3.8, 4) is 17.6 Å². The van der Waals surface area contributed by atoms with Gasteiger partial charge in [0.1, 0.15) is 12.3 Å². The Morgan fingerprint density at radius 2 is 1.82 bits per heavy atom. The maximum atomic E-state index is 13.5. The Balaban J connectivity index is 0.00000280. The predicted molar refractivity (Wildman–Crippen MR) is 157 cm³/mol. The Kier molecular flexibility index (Phi) is 11.3. The highest BCUT2D eigenvalue weighted by Gasteiger charge is 2.30. The molecule has 2 aromatic carbocycles. The van der Waals surface area contributed by atoms with Gasteiger partial charge in [-0.15, -0.1) is 0 Å². The molecule has 1 aliphatic rings. The summed E-state index contributed by atoms with van der Waals surface area (Å²) in [6.07, 6.45) is -0.708. The number of methoxy groups -OCH3 is 1. The third-order valence-electron chi connectivity index (χ3n) is 6.69. The number of fused-ring (bicyclic) bond motifs is 1. The van der Waals surface area contributed by atoms with Crippen molar-refractivity contribution < 1.29 is 22.7 Å². The summed E-state index contributed by atoms with van der Waals surface area (Å²) in [4.78, 5) is 11.9. The number of carbonyl (C=O) groups is 1. The van der Waals surface area contributed by atoms with Crippen molar-refractivity contribution in [2.24, 2.45) is 5.73 Å². The molecule has 1 aromatic heterocycles. The molecule has 1 heterocycles. The molecule has 1 amide bonds. The van der Waals surface area contributed by atoms with Gasteiger partial charge in [-0.1, -0.05) is 26.8 Å². The number of amides is 1. The SMILES string of the molecule is C.C.CNC(=O)c1ccc(NCC#Cc2cc3c(NC4CCC(N)CC4)cccc3n2CC(F)(F)F)c(OC)c1. The topological polar surface area (TPSA) is 93.3 Å². The van der Waals surface area contributed by atoms with Crippen molar-refractivity contribution in [1.29, 1.82) is 0 Å². The summed E-state index contributed by atoms with van der Waals surface area (Å²) in [6.45, 7) is -0.971. The van der Waals surface area contributed by atoms with Gasteiger partial charge < -0.3 is 31.0 Å². The van der Waals surface area contributed by atoms with E-state index in [1.807, 2.05) is 6.07 Å². The Bertz CT molecular complexity index is 1350. The third-order valence-corrected chi connectivity index (χ3v) is 6.69. The lowest BCUT2D eigenvalue weighted by molar-refractivity contribution is -0.140. The molecule has 7 nitrogen and oxygen atoms in total. The zero-order valence-corrected chi connectivity index (χ0v) is 21.4. The van der Waals surface area contributed by atoms with E-state index in [1.54, 1.807) is 43.4 Å². The van der Waals surface area contributed by atoms with E-state index in [9.17, 15) is 18.0 Å². The van der Waals surface area contributed by atoms with Crippen molar-refractivity contribution in [2.45, 2.75) is 65.3 Å². The molecule has 1 saturated carbocycles. The minimum atomic E-state index is -4.40. The molecule has 0 aliphatic heterocycles. The monoisotopic (exact) mass is 559 g/mol. The number of ether oxygens (including phenoxy) is 1. The molecular formula is C30H40F3N5O2. The molecule has 0 atom stereocenters. The standard InChI is InChI=1S/C28H32F3N5O2.2CH4/c1-33-27(37)18-8-13-24(26(15-18)38-2)34-14-4-5-21-16-22-23(35-20-11-9-19(32)10-12-20)6-3-7-25(22)36(21)17-28(29,30)31;;/h3,6-8,13,15-16,19-20,34-35H,9-12,14,17,32H2,1-2H3,(H,33,37);2*1H4. The zero-order chi connectivity index (χ0) is 27.3. The Labute approximate surface area is 234 Å². The number of aromatic nitrogens is 1. The molecule has 0 unspecified atom stereocenters. The van der Waals surface area contributed by atoms with Crippen LogP contribution in [-0.2, 0) is 6.54 Å². The summed E-state index contributed by atoms with van der Waals surface area (Å²) < 4.78 is 47.0. The molecule has 1 aliphatic carbocycles. The van der Waals surface area contributed by atoms with Gasteiger partial charge in [0.25, 0.3) is 5.91 Å². The van der Waals surface area contributed by atoms with E-state index in [2.05, 4.69) is 27.8 Å². The lowest BCUT2D eigenvalue weighted by atomic mass is 9.91. The Hall–Kier alpha value is -3.84. The summed E-state index contributed by atoms with van der Waals surface area (Å²) in [7, 11) is 3.03. The van der Waals surface area contributed by atoms with Crippen LogP contribution >= 0.6 is 0 Å². The summed E-state index contributed by atoms with van der Waals surface area (Å²) in [5.74, 6) is 6.05. The number of alkyl halides is 3. The van der Waals surface area contributed by atoms with Crippen molar-refractivity contribution in [3.05, 3.63) is 53.7 Å². The van der Waals surface area contributed by atoms with Crippen LogP contribution in [0.1, 0.15) is 56.6 Å². The number of anilines is 2. The van der Waals surface area contributed by atoms with E-state index >= 15 is 0 Å². The number of nitrogens with zero attached hydrogens (tertiary/aromatic N) is 1. The fourth-order valence-electron chi connectivity index (χ4n) is 4.74. The van der Waals surface area contributed by atoms with Crippen molar-refractivity contribution in [3.63, 3.8) is 0 Å². The smallest absolute Gasteiger partial charge is 0.406 e. The van der Waals surface area contributed by atoms with Crippen LogP contribution in [0.25, 0.3) is 10.9 Å². The van der Waals surface area contributed by atoms with Crippen LogP contribution in [0, 0.1) is 11.8 Å². The van der Waals surface area contributed by atoms with Crippen LogP contribution in [0.15, 0.2) is 42.5 Å². The Morgan fingerprint density at radius 1 is 1.10 bits per heavy atom. The molecule has 3 aromatic rings. The number of hydrogen-bond donors (Lipinski definition) is 4. The van der Waals surface area contributed by atoms with E-state index in [1.165, 1.54) is 11.7 Å². The van der Waals surface area contributed by atoms with E-state index in [0.717, 1.165) is 31.4 Å². The number of nitrogens with two attached hydrogens (primary N) is 1. The first-order valence-electron chi connectivity index (χ1n) is 12.5. The van der Waals surface area contributed by atoms with Crippen LogP contribution < -0.4 is 26.4 Å². The summed E-state index contributed by atoms with van der Waals surface area (Å²) in [5.41, 5.74) is 8.63. The second-order valence-electron chi connectivity index (χ2n) is 9.37. The van der Waals surface area contributed by atoms with E-state index < -0.39 is 12.7 Å². The molecule has 10 heteroatoms. The van der Waals surface area contributed by atoms with Crippen molar-refractivity contribution >= 4 is 28.2 Å². The minimum absolute atomic E-state index is 0. The second kappa shape index (κ2) is 14.0. The molecule has 0 spiro atoms. The average Bonchev–Trinajstić information content (AvgIpc) is 3.24. The van der Waals surface area contributed by atoms with Gasteiger partial charge in [0, 0.05) is 35.8 Å². The van der Waals surface area contributed by atoms with Crippen molar-refractivity contribution in [1.82, 2.24) is 9.88 Å². The summed E-state index contributed by atoms with van der Waals surface area (Å²) in [6, 6.07) is 12.4. The molecular weight excluding hydrogens is 519 g/mol. The largest absolute Gasteiger partial charge is 0.495 e. The normalized spacial score (nSPS) is 16.6. The first-order chi connectivity index (χ1) is 18.2. The van der Waals surface area contributed by atoms with Gasteiger partial charge in [-0.25, -0.2) is 0 Å². The first kappa shape index (κ1) is 32.4. The van der Waals surface area contributed by atoms with Gasteiger partial charge >= 0.3 is 6.18 Å². The van der Waals surface area contributed by atoms with Crippen LogP contribution in [0.4, 0.5) is 24.5 Å². The lowest BCUT2D eigenvalue weighted by Gasteiger charge is -2.28. The number of carbonyl (C=O) groups excluding carboxylic acids is 1. The van der Waals surface area contributed by atoms with Gasteiger partial charge in [-0.2, -0.15) is 13.2 Å². The number of nitrogens with one attached hydrogen (secondary N) is 3. The molecule has 4 rings (SSSR count). The average molecular weight is 560 g/mol. The highest BCUT2D eigenvalue weighted by molar-refractivity contribution is 5.95. The van der Waals surface area contributed by atoms with E-state index in [0.29, 0.717) is 27.9 Å². The third kappa shape index (κ3) is 7.85. The molecule has 5 N–H and O–H groups in total. The highest BCUT2D eigenvalue weighted by atomic mass is 19.4. The van der Waals surface area contributed by atoms with Crippen LogP contribution in [0.3, 0.4) is 0 Å². The maximum absolute atomic E-state index is 13.5. The van der Waals surface area contributed by atoms with Crippen LogP contribution in [0.5, 0.6) is 5.75 Å². The molecule has 0 bridgehead atoms. The van der Waals surface area contributed by atoms with Gasteiger partial charge in [-0.3, -0.25) is 4.79 Å². The highest BCUT2D eigenvalue weighted by Crippen LogP contribution is 2.32. The molecule has 40 heavy (non-hydrogen) atoms. The fraction of sp³-hybridized carbons (Fsp3) is 0.433. The van der Waals surface area contributed by atoms with Crippen LogP contribution in [-0.4, -0.2) is 49.4 Å². The fourth-order valence-corrected chi connectivity index (χ4v) is 4.74. The lowest BCUT2D eigenvalue weighted by Crippen LogP contribution is -2.32. The van der Waals surface area contributed by atoms with Gasteiger partial charge in [0.15, 0.2) is 0 Å². The molecule has 0 saturated heterocycles. The van der Waals surface area contributed by atoms with Crippen LogP contribution in [0.2, 0.25) is 0 Å². The summed E-state index contributed by atoms with van der Waals surface area (Å²) >= 11 is 0. The predicted octanol–water partition coefficient (Wildman–Crippen LogP) is 5.99. The van der Waals surface area contributed by atoms with Gasteiger partial charge in [0.2, 0.25) is 0 Å². The quantitative estimate of drug-likeness (QED) is 0.267. The molecule has 0 radical (unpaired) electrons. The molecule has 218 valence electrons. The number of benzene rings is 2. The zero-order valence-electron chi connectivity index (χ0n) is 21.4. The number of halogens is 3. The van der Waals surface area contributed by atoms with Gasteiger partial charge in [-0.05, 0) is 68.0 Å². The second-order valence-corrected chi connectivity index (χ2v) is 9.37. The molecule has 1 fully saturated rings. The first-order valence-corrected chi connectivity index (χ1v) is 12.5.